The van der Waals surface area contributed by atoms with Gasteiger partial charge in [0, 0.05) is 12.0 Å². The Morgan fingerprint density at radius 3 is 2.36 bits per heavy atom. The summed E-state index contributed by atoms with van der Waals surface area (Å²) in [6.45, 7) is 4.35. The van der Waals surface area contributed by atoms with Crippen LogP contribution in [0.25, 0.3) is 0 Å². The second kappa shape index (κ2) is 4.05. The lowest BCUT2D eigenvalue weighted by atomic mass is 9.80. The van der Waals surface area contributed by atoms with Crippen LogP contribution in [0.4, 0.5) is 8.78 Å². The highest BCUT2D eigenvalue weighted by molar-refractivity contribution is 5.26. The highest BCUT2D eigenvalue weighted by atomic mass is 19.2. The van der Waals surface area contributed by atoms with Gasteiger partial charge in [-0.1, -0.05) is 19.9 Å². The number of hydrogen-bond acceptors (Lipinski definition) is 1. The van der Waals surface area contributed by atoms with E-state index in [9.17, 15) is 8.78 Å². The van der Waals surface area contributed by atoms with Gasteiger partial charge in [0.2, 0.25) is 0 Å². The maximum atomic E-state index is 13.0. The molecule has 78 valence electrons. The minimum atomic E-state index is -0.816. The first-order chi connectivity index (χ1) is 6.53. The third kappa shape index (κ3) is 1.93. The highest BCUT2D eigenvalue weighted by Gasteiger charge is 2.23. The molecule has 1 rings (SSSR count). The Labute approximate surface area is 82.9 Å². The lowest BCUT2D eigenvalue weighted by Gasteiger charge is -2.26. The Hall–Kier alpha value is -0.960. The maximum absolute atomic E-state index is 13.0. The van der Waals surface area contributed by atoms with Crippen molar-refractivity contribution in [2.24, 2.45) is 5.73 Å². The van der Waals surface area contributed by atoms with Gasteiger partial charge in [-0.15, -0.1) is 0 Å². The first kappa shape index (κ1) is 11.1. The molecule has 0 aliphatic rings. The van der Waals surface area contributed by atoms with Gasteiger partial charge in [-0.05, 0) is 24.1 Å². The molecule has 1 atom stereocenters. The van der Waals surface area contributed by atoms with Crippen molar-refractivity contribution in [3.8, 4) is 0 Å². The molecule has 1 aromatic rings. The molecular formula is C11H15F2N. The molecule has 0 fully saturated rings. The molecule has 14 heavy (non-hydrogen) atoms. The zero-order chi connectivity index (χ0) is 10.8. The number of hydrogen-bond donors (Lipinski definition) is 1. The normalized spacial score (nSPS) is 15.2. The van der Waals surface area contributed by atoms with E-state index in [-0.39, 0.29) is 5.41 Å². The Bertz CT molecular complexity index is 319. The van der Waals surface area contributed by atoms with Gasteiger partial charge in [-0.3, -0.25) is 0 Å². The predicted molar refractivity (Wildman–Crippen MR) is 53.1 cm³/mol. The molecule has 1 unspecified atom stereocenters. The van der Waals surface area contributed by atoms with E-state index in [2.05, 4.69) is 0 Å². The summed E-state index contributed by atoms with van der Waals surface area (Å²) in [5.41, 5.74) is 6.10. The summed E-state index contributed by atoms with van der Waals surface area (Å²) >= 11 is 0. The van der Waals surface area contributed by atoms with E-state index in [0.29, 0.717) is 6.54 Å². The number of nitrogens with two attached hydrogens (primary N) is 1. The molecule has 3 heteroatoms. The van der Waals surface area contributed by atoms with Crippen molar-refractivity contribution in [3.63, 3.8) is 0 Å². The zero-order valence-electron chi connectivity index (χ0n) is 8.48. The third-order valence-corrected chi connectivity index (χ3v) is 2.85. The summed E-state index contributed by atoms with van der Waals surface area (Å²) in [5, 5.41) is 0. The number of benzene rings is 1. The van der Waals surface area contributed by atoms with Gasteiger partial charge < -0.3 is 5.73 Å². The van der Waals surface area contributed by atoms with E-state index >= 15 is 0 Å². The Balaban J connectivity index is 3.12. The van der Waals surface area contributed by atoms with Crippen LogP contribution in [0.2, 0.25) is 0 Å². The molecule has 0 amide bonds. The van der Waals surface area contributed by atoms with Crippen molar-refractivity contribution in [1.82, 2.24) is 0 Å². The molecule has 0 aromatic heterocycles. The van der Waals surface area contributed by atoms with Crippen molar-refractivity contribution < 1.29 is 8.78 Å². The summed E-state index contributed by atoms with van der Waals surface area (Å²) in [6.07, 6.45) is 0.800. The third-order valence-electron chi connectivity index (χ3n) is 2.85. The molecule has 0 saturated carbocycles. The lowest BCUT2D eigenvalue weighted by Crippen LogP contribution is -2.31. The molecule has 1 nitrogen and oxygen atoms in total. The first-order valence-corrected chi connectivity index (χ1v) is 4.69. The Morgan fingerprint density at radius 2 is 1.93 bits per heavy atom. The number of rotatable bonds is 3. The van der Waals surface area contributed by atoms with Crippen LogP contribution >= 0.6 is 0 Å². The minimum Gasteiger partial charge on any atom is -0.330 e. The molecular weight excluding hydrogens is 184 g/mol. The SMILES string of the molecule is CCC(C)(CN)c1ccc(F)c(F)c1. The van der Waals surface area contributed by atoms with Crippen molar-refractivity contribution in [2.45, 2.75) is 25.7 Å². The average Bonchev–Trinajstić information content (AvgIpc) is 2.21. The molecule has 0 spiro atoms. The summed E-state index contributed by atoms with van der Waals surface area (Å²) in [5.74, 6) is -1.63. The topological polar surface area (TPSA) is 26.0 Å². The van der Waals surface area contributed by atoms with Gasteiger partial charge in [-0.25, -0.2) is 8.78 Å². The van der Waals surface area contributed by atoms with Crippen LogP contribution in [0, 0.1) is 11.6 Å². The van der Waals surface area contributed by atoms with Crippen molar-refractivity contribution in [2.75, 3.05) is 6.54 Å². The Morgan fingerprint density at radius 1 is 1.29 bits per heavy atom. The van der Waals surface area contributed by atoms with E-state index in [1.807, 2.05) is 13.8 Å². The molecule has 2 N–H and O–H groups in total. The van der Waals surface area contributed by atoms with Crippen LogP contribution in [0.1, 0.15) is 25.8 Å². The minimum absolute atomic E-state index is 0.269. The predicted octanol–water partition coefficient (Wildman–Crippen LogP) is 2.59. The van der Waals surface area contributed by atoms with E-state index < -0.39 is 11.6 Å². The van der Waals surface area contributed by atoms with E-state index in [1.54, 1.807) is 6.07 Å². The van der Waals surface area contributed by atoms with E-state index in [0.717, 1.165) is 18.1 Å². The van der Waals surface area contributed by atoms with Crippen LogP contribution in [0.3, 0.4) is 0 Å². The first-order valence-electron chi connectivity index (χ1n) is 4.69. The number of halogens is 2. The van der Waals surface area contributed by atoms with Crippen molar-refractivity contribution in [1.29, 1.82) is 0 Å². The van der Waals surface area contributed by atoms with Gasteiger partial charge in [0.25, 0.3) is 0 Å². The quantitative estimate of drug-likeness (QED) is 0.795. The fraction of sp³-hybridized carbons (Fsp3) is 0.455. The van der Waals surface area contributed by atoms with Gasteiger partial charge >= 0.3 is 0 Å². The fourth-order valence-corrected chi connectivity index (χ4v) is 1.34. The smallest absolute Gasteiger partial charge is 0.159 e. The summed E-state index contributed by atoms with van der Waals surface area (Å²) < 4.78 is 25.7. The van der Waals surface area contributed by atoms with Crippen molar-refractivity contribution >= 4 is 0 Å². The molecule has 0 aliphatic heterocycles. The van der Waals surface area contributed by atoms with E-state index in [4.69, 9.17) is 5.73 Å². The monoisotopic (exact) mass is 199 g/mol. The molecule has 0 radical (unpaired) electrons. The zero-order valence-corrected chi connectivity index (χ0v) is 8.48. The molecule has 0 aliphatic carbocycles. The van der Waals surface area contributed by atoms with Gasteiger partial charge in [0.05, 0.1) is 0 Å². The second-order valence-corrected chi connectivity index (χ2v) is 3.75. The van der Waals surface area contributed by atoms with Crippen LogP contribution in [-0.4, -0.2) is 6.54 Å². The summed E-state index contributed by atoms with van der Waals surface area (Å²) in [4.78, 5) is 0. The standard InChI is InChI=1S/C11H15F2N/c1-3-11(2,7-14)8-4-5-9(12)10(13)6-8/h4-6H,3,7,14H2,1-2H3. The van der Waals surface area contributed by atoms with Gasteiger partial charge in [0.1, 0.15) is 0 Å². The van der Waals surface area contributed by atoms with E-state index in [1.165, 1.54) is 6.07 Å². The average molecular weight is 199 g/mol. The van der Waals surface area contributed by atoms with Crippen LogP contribution < -0.4 is 5.73 Å². The largest absolute Gasteiger partial charge is 0.330 e. The maximum Gasteiger partial charge on any atom is 0.159 e. The molecule has 0 saturated heterocycles. The van der Waals surface area contributed by atoms with Gasteiger partial charge in [-0.2, -0.15) is 0 Å². The molecule has 0 heterocycles. The molecule has 0 bridgehead atoms. The van der Waals surface area contributed by atoms with Crippen LogP contribution in [-0.2, 0) is 5.41 Å². The van der Waals surface area contributed by atoms with Crippen LogP contribution in [0.5, 0.6) is 0 Å². The summed E-state index contributed by atoms with van der Waals surface area (Å²) in [7, 11) is 0. The summed E-state index contributed by atoms with van der Waals surface area (Å²) in [6, 6.07) is 3.97. The van der Waals surface area contributed by atoms with Gasteiger partial charge in [0.15, 0.2) is 11.6 Å². The highest BCUT2D eigenvalue weighted by Crippen LogP contribution is 2.27. The fourth-order valence-electron chi connectivity index (χ4n) is 1.34. The lowest BCUT2D eigenvalue weighted by molar-refractivity contribution is 0.454. The Kier molecular flexibility index (Phi) is 3.21. The molecule has 1 aromatic carbocycles. The van der Waals surface area contributed by atoms with Crippen molar-refractivity contribution in [3.05, 3.63) is 35.4 Å². The van der Waals surface area contributed by atoms with Crippen LogP contribution in [0.15, 0.2) is 18.2 Å². The second-order valence-electron chi connectivity index (χ2n) is 3.75.